The molecule has 0 bridgehead atoms. The number of aliphatic hydroxyl groups excluding tert-OH is 1. The Balaban J connectivity index is 0. The lowest BCUT2D eigenvalue weighted by molar-refractivity contribution is 0.399. The van der Waals surface area contributed by atoms with E-state index in [0.717, 1.165) is 7.11 Å². The number of aliphatic hydroxyl groups is 1. The van der Waals surface area contributed by atoms with Crippen molar-refractivity contribution >= 4 is 0 Å². The van der Waals surface area contributed by atoms with Crippen LogP contribution in [-0.2, 0) is 0 Å². The smallest absolute Gasteiger partial charge is 0.0319 e. The molecule has 0 unspecified atom stereocenters. The van der Waals surface area contributed by atoms with Crippen LogP contribution in [0.25, 0.3) is 0 Å². The molecule has 0 aromatic heterocycles. The van der Waals surface area contributed by atoms with Crippen LogP contribution in [0.15, 0.2) is 36.0 Å². The Morgan fingerprint density at radius 3 is 2.00 bits per heavy atom. The molecular weight excluding hydrogens is 160 g/mol. The van der Waals surface area contributed by atoms with Gasteiger partial charge in [0.25, 0.3) is 0 Å². The van der Waals surface area contributed by atoms with Crippen molar-refractivity contribution in [2.24, 2.45) is 5.92 Å². The molecule has 0 radical (unpaired) electrons. The van der Waals surface area contributed by atoms with Crippen molar-refractivity contribution in [3.63, 3.8) is 0 Å². The summed E-state index contributed by atoms with van der Waals surface area (Å²) in [5.41, 5.74) is 2.72. The Labute approximate surface area is 82.5 Å². The highest BCUT2D eigenvalue weighted by molar-refractivity contribution is 5.32. The number of hydrogen-bond donors (Lipinski definition) is 1. The van der Waals surface area contributed by atoms with E-state index >= 15 is 0 Å². The maximum atomic E-state index is 7.00. The third-order valence-corrected chi connectivity index (χ3v) is 1.81. The van der Waals surface area contributed by atoms with Crippen molar-refractivity contribution in [1.82, 2.24) is 0 Å². The van der Waals surface area contributed by atoms with Gasteiger partial charge < -0.3 is 5.11 Å². The van der Waals surface area contributed by atoms with Crippen molar-refractivity contribution in [3.8, 4) is 0 Å². The zero-order chi connectivity index (χ0) is 10.9. The zero-order valence-corrected chi connectivity index (χ0v) is 9.46. The van der Waals surface area contributed by atoms with E-state index < -0.39 is 0 Å². The first-order valence-corrected chi connectivity index (χ1v) is 4.54. The van der Waals surface area contributed by atoms with Gasteiger partial charge in [-0.05, 0) is 25.3 Å². The van der Waals surface area contributed by atoms with E-state index in [0.29, 0.717) is 5.92 Å². The Kier molecular flexibility index (Phi) is 10.5. The molecule has 0 aliphatic carbocycles. The summed E-state index contributed by atoms with van der Waals surface area (Å²) in [5.74, 6) is 0.587. The summed E-state index contributed by atoms with van der Waals surface area (Å²) in [6.45, 7) is 12.3. The van der Waals surface area contributed by atoms with Crippen molar-refractivity contribution in [2.75, 3.05) is 7.11 Å². The predicted octanol–water partition coefficient (Wildman–Crippen LogP) is 3.33. The first kappa shape index (κ1) is 14.7. The molecule has 1 heteroatoms. The van der Waals surface area contributed by atoms with Crippen LogP contribution < -0.4 is 0 Å². The molecule has 1 N–H and O–H groups in total. The molecule has 0 fully saturated rings. The first-order chi connectivity index (χ1) is 6.13. The molecule has 76 valence electrons. The number of rotatable bonds is 3. The van der Waals surface area contributed by atoms with Gasteiger partial charge in [-0.3, -0.25) is 0 Å². The molecule has 0 saturated heterocycles. The largest absolute Gasteiger partial charge is 0.400 e. The maximum absolute atomic E-state index is 7.00. The second kappa shape index (κ2) is 9.27. The predicted molar refractivity (Wildman–Crippen MR) is 60.7 cm³/mol. The quantitative estimate of drug-likeness (QED) is 0.664. The van der Waals surface area contributed by atoms with E-state index in [2.05, 4.69) is 46.4 Å². The fourth-order valence-electron chi connectivity index (χ4n) is 1.07. The van der Waals surface area contributed by atoms with Crippen molar-refractivity contribution < 1.29 is 5.11 Å². The molecule has 0 aromatic rings. The molecule has 0 aliphatic rings. The van der Waals surface area contributed by atoms with Gasteiger partial charge in [-0.15, -0.1) is 0 Å². The van der Waals surface area contributed by atoms with Gasteiger partial charge in [-0.1, -0.05) is 44.2 Å². The van der Waals surface area contributed by atoms with Crippen LogP contribution in [0.2, 0.25) is 0 Å². The molecular formula is C12H22O. The Bertz CT molecular complexity index is 185. The molecule has 0 saturated carbocycles. The van der Waals surface area contributed by atoms with Gasteiger partial charge in [-0.25, -0.2) is 0 Å². The average Bonchev–Trinajstić information content (AvgIpc) is 2.15. The first-order valence-electron chi connectivity index (χ1n) is 4.54. The fraction of sp³-hybridized carbons (Fsp3) is 0.500. The van der Waals surface area contributed by atoms with Gasteiger partial charge in [0.15, 0.2) is 0 Å². The summed E-state index contributed by atoms with van der Waals surface area (Å²) in [6, 6.07) is 0. The Morgan fingerprint density at radius 2 is 1.77 bits per heavy atom. The highest BCUT2D eigenvalue weighted by Gasteiger charge is 2.02. The van der Waals surface area contributed by atoms with Gasteiger partial charge >= 0.3 is 0 Å². The molecule has 13 heavy (non-hydrogen) atoms. The monoisotopic (exact) mass is 182 g/mol. The number of hydrogen-bond acceptors (Lipinski definition) is 1. The molecule has 0 spiro atoms. The van der Waals surface area contributed by atoms with E-state index in [9.17, 15) is 0 Å². The maximum Gasteiger partial charge on any atom is 0.0319 e. The van der Waals surface area contributed by atoms with Crippen LogP contribution in [0.5, 0.6) is 0 Å². The SMILES string of the molecule is C=C/C=C(\C(C)=C/C)C(C)C.CO. The van der Waals surface area contributed by atoms with Crippen molar-refractivity contribution in [2.45, 2.75) is 27.7 Å². The lowest BCUT2D eigenvalue weighted by Crippen LogP contribution is -1.94. The Hall–Kier alpha value is -0.820. The molecule has 1 nitrogen and oxygen atoms in total. The van der Waals surface area contributed by atoms with Gasteiger partial charge in [0.2, 0.25) is 0 Å². The molecule has 0 aliphatic heterocycles. The molecule has 0 aromatic carbocycles. The van der Waals surface area contributed by atoms with E-state index in [1.165, 1.54) is 11.1 Å². The van der Waals surface area contributed by atoms with Crippen LogP contribution >= 0.6 is 0 Å². The second-order valence-corrected chi connectivity index (χ2v) is 2.98. The van der Waals surface area contributed by atoms with E-state index in [-0.39, 0.29) is 0 Å². The minimum absolute atomic E-state index is 0.587. The highest BCUT2D eigenvalue weighted by Crippen LogP contribution is 2.18. The summed E-state index contributed by atoms with van der Waals surface area (Å²) < 4.78 is 0. The fourth-order valence-corrected chi connectivity index (χ4v) is 1.07. The summed E-state index contributed by atoms with van der Waals surface area (Å²) in [6.07, 6.45) is 6.07. The van der Waals surface area contributed by atoms with Crippen LogP contribution in [-0.4, -0.2) is 12.2 Å². The zero-order valence-electron chi connectivity index (χ0n) is 9.46. The summed E-state index contributed by atoms with van der Waals surface area (Å²) >= 11 is 0. The van der Waals surface area contributed by atoms with E-state index in [1.54, 1.807) is 0 Å². The minimum Gasteiger partial charge on any atom is -0.400 e. The lowest BCUT2D eigenvalue weighted by Gasteiger charge is -2.10. The van der Waals surface area contributed by atoms with Crippen molar-refractivity contribution in [1.29, 1.82) is 0 Å². The summed E-state index contributed by atoms with van der Waals surface area (Å²) in [4.78, 5) is 0. The molecule has 0 atom stereocenters. The minimum atomic E-state index is 0.587. The van der Waals surface area contributed by atoms with Crippen LogP contribution in [0.3, 0.4) is 0 Å². The molecule has 0 amide bonds. The van der Waals surface area contributed by atoms with Gasteiger partial charge in [-0.2, -0.15) is 0 Å². The highest BCUT2D eigenvalue weighted by atomic mass is 16.2. The van der Waals surface area contributed by atoms with Crippen LogP contribution in [0.4, 0.5) is 0 Å². The van der Waals surface area contributed by atoms with Crippen molar-refractivity contribution in [3.05, 3.63) is 36.0 Å². The second-order valence-electron chi connectivity index (χ2n) is 2.98. The Morgan fingerprint density at radius 1 is 1.31 bits per heavy atom. The summed E-state index contributed by atoms with van der Waals surface area (Å²) in [7, 11) is 1.00. The van der Waals surface area contributed by atoms with Gasteiger partial charge in [0.1, 0.15) is 0 Å². The summed E-state index contributed by atoms with van der Waals surface area (Å²) in [5, 5.41) is 7.00. The number of allylic oxidation sites excluding steroid dienone is 5. The van der Waals surface area contributed by atoms with E-state index in [4.69, 9.17) is 5.11 Å². The molecule has 0 heterocycles. The third kappa shape index (κ3) is 6.35. The molecule has 0 rings (SSSR count). The van der Waals surface area contributed by atoms with Crippen LogP contribution in [0.1, 0.15) is 27.7 Å². The normalized spacial score (nSPS) is 12.2. The van der Waals surface area contributed by atoms with Gasteiger partial charge in [0, 0.05) is 7.11 Å². The standard InChI is InChI=1S/C11H18.CH4O/c1-6-8-11(9(3)4)10(5)7-2;1-2/h6-9H,1H2,2-5H3;2H,1H3/b10-7-,11-8-;. The van der Waals surface area contributed by atoms with Crippen LogP contribution in [0, 0.1) is 5.92 Å². The average molecular weight is 182 g/mol. The lowest BCUT2D eigenvalue weighted by atomic mass is 9.96. The van der Waals surface area contributed by atoms with Gasteiger partial charge in [0.05, 0.1) is 0 Å². The third-order valence-electron chi connectivity index (χ3n) is 1.81. The van der Waals surface area contributed by atoms with E-state index in [1.807, 2.05) is 6.08 Å². The topological polar surface area (TPSA) is 20.2 Å².